The number of halogens is 2. The Morgan fingerprint density at radius 2 is 1.85 bits per heavy atom. The molecule has 2 aliphatic heterocycles. The van der Waals surface area contributed by atoms with Crippen LogP contribution in [0.25, 0.3) is 0 Å². The van der Waals surface area contributed by atoms with Gasteiger partial charge in [0.2, 0.25) is 18.9 Å². The molecule has 2 aliphatic rings. The highest BCUT2D eigenvalue weighted by Crippen LogP contribution is 2.35. The molecule has 212 valence electrons. The Morgan fingerprint density at radius 3 is 2.63 bits per heavy atom. The third kappa shape index (κ3) is 6.03. The van der Waals surface area contributed by atoms with E-state index < -0.39 is 41.5 Å². The van der Waals surface area contributed by atoms with Crippen molar-refractivity contribution in [3.8, 4) is 11.5 Å². The molecule has 0 fully saturated rings. The van der Waals surface area contributed by atoms with Crippen molar-refractivity contribution in [1.29, 1.82) is 0 Å². The summed E-state index contributed by atoms with van der Waals surface area (Å²) in [6, 6.07) is 15.9. The average molecular weight is 564 g/mol. The fraction of sp³-hybridized carbons (Fsp3) is 0.267. The zero-order valence-electron chi connectivity index (χ0n) is 22.4. The second kappa shape index (κ2) is 11.7. The lowest BCUT2D eigenvalue weighted by molar-refractivity contribution is -0.141. The van der Waals surface area contributed by atoms with Crippen molar-refractivity contribution >= 4 is 29.2 Å². The highest BCUT2D eigenvalue weighted by Gasteiger charge is 2.34. The van der Waals surface area contributed by atoms with Gasteiger partial charge < -0.3 is 24.4 Å². The maximum absolute atomic E-state index is 13.9. The molecule has 0 saturated heterocycles. The van der Waals surface area contributed by atoms with E-state index in [1.165, 1.54) is 17.9 Å². The highest BCUT2D eigenvalue weighted by molar-refractivity contribution is 6.20. The number of aliphatic imine (C=N–C) groups is 1. The molecular weight excluding hydrogens is 536 g/mol. The first-order chi connectivity index (χ1) is 19.7. The van der Waals surface area contributed by atoms with Crippen LogP contribution in [0, 0.1) is 17.6 Å². The smallest absolute Gasteiger partial charge is 0.302 e. The predicted molar refractivity (Wildman–Crippen MR) is 145 cm³/mol. The Bertz CT molecular complexity index is 1540. The van der Waals surface area contributed by atoms with Crippen LogP contribution in [0.15, 0.2) is 65.7 Å². The van der Waals surface area contributed by atoms with Crippen LogP contribution < -0.4 is 19.7 Å². The highest BCUT2D eigenvalue weighted by atomic mass is 19.2. The number of anilines is 1. The van der Waals surface area contributed by atoms with Crippen LogP contribution in [0.5, 0.6) is 11.5 Å². The summed E-state index contributed by atoms with van der Waals surface area (Å²) in [6.07, 6.45) is -1.22. The number of para-hydroxylation sites is 1. The molecule has 1 unspecified atom stereocenters. The zero-order chi connectivity index (χ0) is 29.1. The van der Waals surface area contributed by atoms with Gasteiger partial charge >= 0.3 is 5.97 Å². The molecule has 3 aromatic carbocycles. The molecule has 0 bridgehead atoms. The molecule has 11 heteroatoms. The van der Waals surface area contributed by atoms with Crippen LogP contribution in [0.3, 0.4) is 0 Å². The Morgan fingerprint density at radius 1 is 1.07 bits per heavy atom. The Kier molecular flexibility index (Phi) is 7.95. The van der Waals surface area contributed by atoms with Crippen molar-refractivity contribution in [2.45, 2.75) is 26.4 Å². The second-order valence-corrected chi connectivity index (χ2v) is 9.66. The molecule has 9 nitrogen and oxygen atoms in total. The summed E-state index contributed by atoms with van der Waals surface area (Å²) < 4.78 is 43.2. The van der Waals surface area contributed by atoms with E-state index in [1.807, 2.05) is 0 Å². The van der Waals surface area contributed by atoms with E-state index in [1.54, 1.807) is 49.4 Å². The van der Waals surface area contributed by atoms with E-state index in [0.29, 0.717) is 39.6 Å². The van der Waals surface area contributed by atoms with Crippen LogP contribution >= 0.6 is 0 Å². The molecule has 3 aromatic rings. The lowest BCUT2D eigenvalue weighted by Gasteiger charge is -2.25. The second-order valence-electron chi connectivity index (χ2n) is 9.66. The molecule has 0 spiro atoms. The van der Waals surface area contributed by atoms with Gasteiger partial charge in [-0.15, -0.1) is 0 Å². The summed E-state index contributed by atoms with van der Waals surface area (Å²) in [7, 11) is 0. The lowest BCUT2D eigenvalue weighted by Crippen LogP contribution is -2.49. The van der Waals surface area contributed by atoms with Gasteiger partial charge in [-0.3, -0.25) is 14.4 Å². The molecule has 0 aliphatic carbocycles. The number of rotatable bonds is 8. The first kappa shape index (κ1) is 27.8. The fourth-order valence-electron chi connectivity index (χ4n) is 4.70. The van der Waals surface area contributed by atoms with Crippen molar-refractivity contribution < 1.29 is 37.4 Å². The number of carbonyl (C=O) groups is 3. The number of nitrogens with one attached hydrogen (secondary N) is 1. The number of hydrogen-bond acceptors (Lipinski definition) is 7. The van der Waals surface area contributed by atoms with Gasteiger partial charge in [-0.25, -0.2) is 13.8 Å². The Hall–Kier alpha value is -4.80. The van der Waals surface area contributed by atoms with Crippen LogP contribution in [-0.2, 0) is 25.5 Å². The molecule has 1 N–H and O–H groups in total. The Balaban J connectivity index is 1.49. The van der Waals surface area contributed by atoms with E-state index in [4.69, 9.17) is 19.2 Å². The van der Waals surface area contributed by atoms with Gasteiger partial charge in [-0.2, -0.15) is 0 Å². The molecular formula is C30H27F2N3O6. The first-order valence-electron chi connectivity index (χ1n) is 13.0. The molecule has 0 saturated carbocycles. The first-order valence-corrected chi connectivity index (χ1v) is 13.0. The molecule has 0 radical (unpaired) electrons. The number of esters is 1. The maximum atomic E-state index is 13.9. The van der Waals surface area contributed by atoms with Gasteiger partial charge in [0.15, 0.2) is 23.1 Å². The largest absolute Gasteiger partial charge is 0.464 e. The van der Waals surface area contributed by atoms with Crippen molar-refractivity contribution in [2.24, 2.45) is 10.9 Å². The van der Waals surface area contributed by atoms with E-state index in [2.05, 4.69) is 5.32 Å². The maximum Gasteiger partial charge on any atom is 0.302 e. The summed E-state index contributed by atoms with van der Waals surface area (Å²) in [4.78, 5) is 44.7. The van der Waals surface area contributed by atoms with Gasteiger partial charge in [0.05, 0.1) is 17.9 Å². The van der Waals surface area contributed by atoms with Gasteiger partial charge in [0, 0.05) is 24.0 Å². The van der Waals surface area contributed by atoms with Gasteiger partial charge in [-0.05, 0) is 48.4 Å². The third-order valence-electron chi connectivity index (χ3n) is 6.73. The molecule has 2 amide bonds. The van der Waals surface area contributed by atoms with Crippen molar-refractivity contribution in [1.82, 2.24) is 5.32 Å². The third-order valence-corrected chi connectivity index (χ3v) is 6.73. The molecule has 2 atom stereocenters. The fourth-order valence-corrected chi connectivity index (χ4v) is 4.70. The number of benzodiazepines with no additional fused rings is 1. The number of amides is 2. The van der Waals surface area contributed by atoms with Crippen LogP contribution in [-0.4, -0.2) is 49.6 Å². The van der Waals surface area contributed by atoms with Crippen molar-refractivity contribution in [3.05, 3.63) is 89.0 Å². The minimum absolute atomic E-state index is 0.0240. The summed E-state index contributed by atoms with van der Waals surface area (Å²) in [5, 5.41) is 2.72. The number of ether oxygens (including phenoxy) is 3. The van der Waals surface area contributed by atoms with Crippen molar-refractivity contribution in [3.63, 3.8) is 0 Å². The van der Waals surface area contributed by atoms with Crippen molar-refractivity contribution in [2.75, 3.05) is 24.8 Å². The number of benzene rings is 3. The Labute approximate surface area is 234 Å². The summed E-state index contributed by atoms with van der Waals surface area (Å²) in [5.74, 6) is -3.12. The summed E-state index contributed by atoms with van der Waals surface area (Å²) in [5.41, 5.74) is 2.63. The number of nitrogens with zero attached hydrogens (tertiary/aromatic N) is 2. The topological polar surface area (TPSA) is 107 Å². The minimum Gasteiger partial charge on any atom is -0.464 e. The number of fused-ring (bicyclic) bond motifs is 2. The zero-order valence-corrected chi connectivity index (χ0v) is 22.4. The van der Waals surface area contributed by atoms with E-state index >= 15 is 0 Å². The van der Waals surface area contributed by atoms with Crippen LogP contribution in [0.4, 0.5) is 14.5 Å². The minimum atomic E-state index is -1.33. The normalized spacial score (nSPS) is 16.4. The van der Waals surface area contributed by atoms with Gasteiger partial charge in [-0.1, -0.05) is 31.2 Å². The van der Waals surface area contributed by atoms with E-state index in [9.17, 15) is 23.2 Å². The molecule has 0 aromatic heterocycles. The van der Waals surface area contributed by atoms with Crippen LogP contribution in [0.1, 0.15) is 30.5 Å². The average Bonchev–Trinajstić information content (AvgIpc) is 3.39. The summed E-state index contributed by atoms with van der Waals surface area (Å²) in [6.45, 7) is 2.93. The SMILES string of the molecule is CC(=O)OCCN1C(=O)C(NC(=O)[C@@H](C)Cc2ccc(F)c(F)c2)N=C(c2ccc3c(c2)OCO3)c2ccccc21. The van der Waals surface area contributed by atoms with Gasteiger partial charge in [0.25, 0.3) is 5.91 Å². The molecule has 5 rings (SSSR count). The molecule has 41 heavy (non-hydrogen) atoms. The monoisotopic (exact) mass is 563 g/mol. The van der Waals surface area contributed by atoms with Crippen LogP contribution in [0.2, 0.25) is 0 Å². The standard InChI is InChI=1S/C30H27F2N3O6/c1-17(13-19-7-9-22(31)23(32)14-19)29(37)34-28-30(38)35(11-12-39-18(2)36)24-6-4-3-5-21(24)27(33-28)20-8-10-25-26(15-20)41-16-40-25/h3-10,14-15,17,28H,11-13,16H2,1-2H3,(H,34,37)/t17-,28?/m0/s1. The molecule has 2 heterocycles. The number of hydrogen-bond donors (Lipinski definition) is 1. The van der Waals surface area contributed by atoms with Gasteiger partial charge in [0.1, 0.15) is 6.61 Å². The van der Waals surface area contributed by atoms with E-state index in [-0.39, 0.29) is 26.4 Å². The summed E-state index contributed by atoms with van der Waals surface area (Å²) >= 11 is 0. The number of carbonyl (C=O) groups excluding carboxylic acids is 3. The predicted octanol–water partition coefficient (Wildman–Crippen LogP) is 3.76. The lowest BCUT2D eigenvalue weighted by atomic mass is 9.99. The quantitative estimate of drug-likeness (QED) is 0.419. The van der Waals surface area contributed by atoms with E-state index in [0.717, 1.165) is 12.1 Å².